The third-order valence-corrected chi connectivity index (χ3v) is 11.7. The molecule has 0 aliphatic heterocycles. The lowest BCUT2D eigenvalue weighted by atomic mass is 9.47. The number of allylic oxidation sites excluding steroid dienone is 1. The highest BCUT2D eigenvalue weighted by atomic mass is 16.5. The number of esters is 1. The van der Waals surface area contributed by atoms with Gasteiger partial charge in [0.05, 0.1) is 0 Å². The van der Waals surface area contributed by atoms with Crippen LogP contribution >= 0.6 is 0 Å². The van der Waals surface area contributed by atoms with Gasteiger partial charge in [0.15, 0.2) is 0 Å². The Balaban J connectivity index is 1.35. The monoisotopic (exact) mass is 484 g/mol. The fourth-order valence-corrected chi connectivity index (χ4v) is 9.15. The average molecular weight is 485 g/mol. The maximum atomic E-state index is 12.4. The van der Waals surface area contributed by atoms with E-state index in [-0.39, 0.29) is 12.1 Å². The largest absolute Gasteiger partial charge is 0.462 e. The van der Waals surface area contributed by atoms with Crippen LogP contribution in [0, 0.1) is 40.4 Å². The van der Waals surface area contributed by atoms with Gasteiger partial charge in [-0.2, -0.15) is 0 Å². The summed E-state index contributed by atoms with van der Waals surface area (Å²) in [5, 5.41) is 0. The van der Waals surface area contributed by atoms with Crippen molar-refractivity contribution in [1.29, 1.82) is 0 Å². The third-order valence-electron chi connectivity index (χ3n) is 11.7. The molecule has 35 heavy (non-hydrogen) atoms. The Morgan fingerprint density at radius 2 is 1.77 bits per heavy atom. The molecule has 0 N–H and O–H groups in total. The topological polar surface area (TPSA) is 26.3 Å². The maximum Gasteiger partial charge on any atom is 0.306 e. The Morgan fingerprint density at radius 3 is 2.54 bits per heavy atom. The molecule has 4 aliphatic carbocycles. The zero-order valence-electron chi connectivity index (χ0n) is 23.9. The van der Waals surface area contributed by atoms with Crippen molar-refractivity contribution in [2.24, 2.45) is 40.4 Å². The molecule has 0 aromatic rings. The summed E-state index contributed by atoms with van der Waals surface area (Å²) < 4.78 is 5.98. The van der Waals surface area contributed by atoms with Crippen LogP contribution in [0.4, 0.5) is 0 Å². The molecule has 2 nitrogen and oxygen atoms in total. The smallest absolute Gasteiger partial charge is 0.306 e. The highest BCUT2D eigenvalue weighted by Gasteiger charge is 2.58. The van der Waals surface area contributed by atoms with E-state index >= 15 is 0 Å². The van der Waals surface area contributed by atoms with E-state index in [0.29, 0.717) is 23.2 Å². The van der Waals surface area contributed by atoms with Gasteiger partial charge < -0.3 is 4.74 Å². The zero-order valence-corrected chi connectivity index (χ0v) is 23.9. The van der Waals surface area contributed by atoms with Crippen molar-refractivity contribution < 1.29 is 9.53 Å². The summed E-state index contributed by atoms with van der Waals surface area (Å²) in [6, 6.07) is 0. The molecule has 8 unspecified atom stereocenters. The molecule has 3 fully saturated rings. The molecular formula is C33H56O2. The van der Waals surface area contributed by atoms with Crippen LogP contribution in [0.2, 0.25) is 0 Å². The van der Waals surface area contributed by atoms with E-state index in [0.717, 1.165) is 42.9 Å². The number of carbonyl (C=O) groups is 1. The predicted octanol–water partition coefficient (Wildman–Crippen LogP) is 9.66. The fourth-order valence-electron chi connectivity index (χ4n) is 9.15. The van der Waals surface area contributed by atoms with E-state index < -0.39 is 0 Å². The average Bonchev–Trinajstić information content (AvgIpc) is 3.17. The first-order chi connectivity index (χ1) is 16.8. The molecule has 0 aromatic heterocycles. The minimum atomic E-state index is 0.0260. The van der Waals surface area contributed by atoms with Crippen LogP contribution in [-0.2, 0) is 9.53 Å². The Labute approximate surface area is 217 Å². The fraction of sp³-hybridized carbons (Fsp3) is 0.909. The van der Waals surface area contributed by atoms with Gasteiger partial charge in [-0.1, -0.05) is 91.2 Å². The second-order valence-electron chi connectivity index (χ2n) is 13.7. The lowest BCUT2D eigenvalue weighted by Gasteiger charge is -2.58. The molecule has 0 spiro atoms. The normalized spacial score (nSPS) is 39.2. The quantitative estimate of drug-likeness (QED) is 0.166. The summed E-state index contributed by atoms with van der Waals surface area (Å²) >= 11 is 0. The molecule has 4 aliphatic rings. The minimum Gasteiger partial charge on any atom is -0.462 e. The van der Waals surface area contributed by atoms with E-state index in [1.807, 2.05) is 0 Å². The molecule has 0 heterocycles. The van der Waals surface area contributed by atoms with E-state index in [1.54, 1.807) is 5.57 Å². The van der Waals surface area contributed by atoms with Crippen molar-refractivity contribution in [3.05, 3.63) is 11.6 Å². The van der Waals surface area contributed by atoms with Crippen molar-refractivity contribution in [2.45, 2.75) is 150 Å². The Morgan fingerprint density at radius 1 is 1.00 bits per heavy atom. The summed E-state index contributed by atoms with van der Waals surface area (Å²) in [6.45, 7) is 11.9. The van der Waals surface area contributed by atoms with E-state index in [9.17, 15) is 4.79 Å². The first-order valence-corrected chi connectivity index (χ1v) is 15.7. The second kappa shape index (κ2) is 11.7. The van der Waals surface area contributed by atoms with Crippen molar-refractivity contribution in [1.82, 2.24) is 0 Å². The van der Waals surface area contributed by atoms with Gasteiger partial charge in [-0.15, -0.1) is 0 Å². The highest BCUT2D eigenvalue weighted by Crippen LogP contribution is 2.66. The molecule has 2 heteroatoms. The molecule has 0 saturated heterocycles. The van der Waals surface area contributed by atoms with Gasteiger partial charge in [0.1, 0.15) is 6.10 Å². The van der Waals surface area contributed by atoms with E-state index in [2.05, 4.69) is 40.7 Å². The summed E-state index contributed by atoms with van der Waals surface area (Å²) in [6.07, 6.45) is 24.8. The van der Waals surface area contributed by atoms with Crippen molar-refractivity contribution >= 4 is 5.97 Å². The molecule has 0 aromatic carbocycles. The van der Waals surface area contributed by atoms with Crippen molar-refractivity contribution in [3.8, 4) is 0 Å². The lowest BCUT2D eigenvalue weighted by Crippen LogP contribution is -2.50. The summed E-state index contributed by atoms with van der Waals surface area (Å²) in [5.74, 6) is 4.11. The molecule has 200 valence electrons. The number of unbranched alkanes of at least 4 members (excludes halogenated alkanes) is 5. The third kappa shape index (κ3) is 5.72. The summed E-state index contributed by atoms with van der Waals surface area (Å²) in [4.78, 5) is 12.4. The van der Waals surface area contributed by atoms with Crippen LogP contribution in [0.25, 0.3) is 0 Å². The van der Waals surface area contributed by atoms with Crippen LogP contribution in [0.3, 0.4) is 0 Å². The SMILES string of the molecule is CCCCCCCCC1CCC2C3CC=C4CC(OC(=O)CC(C)CC)CCC4(C)C3CCC12C. The van der Waals surface area contributed by atoms with E-state index in [1.165, 1.54) is 83.5 Å². The molecular weight excluding hydrogens is 428 g/mol. The molecule has 3 saturated carbocycles. The van der Waals surface area contributed by atoms with Crippen LogP contribution in [0.5, 0.6) is 0 Å². The Bertz CT molecular complexity index is 739. The molecule has 0 radical (unpaired) electrons. The highest BCUT2D eigenvalue weighted by molar-refractivity contribution is 5.69. The minimum absolute atomic E-state index is 0.0260. The Kier molecular flexibility index (Phi) is 9.13. The predicted molar refractivity (Wildman–Crippen MR) is 147 cm³/mol. The number of fused-ring (bicyclic) bond motifs is 5. The van der Waals surface area contributed by atoms with Gasteiger partial charge in [0.25, 0.3) is 0 Å². The number of hydrogen-bond donors (Lipinski definition) is 0. The summed E-state index contributed by atoms with van der Waals surface area (Å²) in [7, 11) is 0. The van der Waals surface area contributed by atoms with Crippen LogP contribution < -0.4 is 0 Å². The van der Waals surface area contributed by atoms with Gasteiger partial charge in [-0.05, 0) is 91.8 Å². The maximum absolute atomic E-state index is 12.4. The first kappa shape index (κ1) is 27.3. The standard InChI is InChI=1S/C33H56O2/c1-6-8-9-10-11-12-13-25-15-17-29-28-16-14-26-23-27(35-31(34)22-24(3)7-2)18-20-33(26,5)30(28)19-21-32(25,29)4/h14,24-25,27-30H,6-13,15-23H2,1-5H3. The van der Waals surface area contributed by atoms with Gasteiger partial charge in [0, 0.05) is 12.8 Å². The van der Waals surface area contributed by atoms with Crippen LogP contribution in [0.15, 0.2) is 11.6 Å². The van der Waals surface area contributed by atoms with E-state index in [4.69, 9.17) is 4.74 Å². The molecule has 0 bridgehead atoms. The number of ether oxygens (including phenoxy) is 1. The van der Waals surface area contributed by atoms with Gasteiger partial charge in [0.2, 0.25) is 0 Å². The second-order valence-corrected chi connectivity index (χ2v) is 13.7. The van der Waals surface area contributed by atoms with Crippen LogP contribution in [0.1, 0.15) is 144 Å². The van der Waals surface area contributed by atoms with Gasteiger partial charge in [-0.3, -0.25) is 4.79 Å². The molecule has 8 atom stereocenters. The van der Waals surface area contributed by atoms with Crippen molar-refractivity contribution in [2.75, 3.05) is 0 Å². The zero-order chi connectivity index (χ0) is 25.1. The van der Waals surface area contributed by atoms with Gasteiger partial charge >= 0.3 is 5.97 Å². The Hall–Kier alpha value is -0.790. The van der Waals surface area contributed by atoms with Crippen molar-refractivity contribution in [3.63, 3.8) is 0 Å². The summed E-state index contributed by atoms with van der Waals surface area (Å²) in [5.41, 5.74) is 2.58. The molecule has 4 rings (SSSR count). The first-order valence-electron chi connectivity index (χ1n) is 15.7. The van der Waals surface area contributed by atoms with Crippen LogP contribution in [-0.4, -0.2) is 12.1 Å². The number of hydrogen-bond acceptors (Lipinski definition) is 2. The number of rotatable bonds is 11. The molecule has 0 amide bonds. The lowest BCUT2D eigenvalue weighted by molar-refractivity contribution is -0.152. The van der Waals surface area contributed by atoms with Gasteiger partial charge in [-0.25, -0.2) is 0 Å². The number of carbonyl (C=O) groups excluding carboxylic acids is 1.